The number of anilines is 1. The molecule has 0 aliphatic heterocycles. The van der Waals surface area contributed by atoms with Gasteiger partial charge >= 0.3 is 18.0 Å². The van der Waals surface area contributed by atoms with E-state index in [1.807, 2.05) is 30.3 Å². The average molecular weight is 520 g/mol. The lowest BCUT2D eigenvalue weighted by Gasteiger charge is -2.26. The van der Waals surface area contributed by atoms with Crippen LogP contribution in [0.2, 0.25) is 0 Å². The Morgan fingerprint density at radius 3 is 1.81 bits per heavy atom. The third-order valence-electron chi connectivity index (χ3n) is 4.97. The summed E-state index contributed by atoms with van der Waals surface area (Å²) in [6, 6.07) is 17.4. The van der Waals surface area contributed by atoms with Crippen molar-refractivity contribution in [2.75, 3.05) is 43.4 Å². The molecule has 0 saturated heterocycles. The van der Waals surface area contributed by atoms with Crippen LogP contribution >= 0.6 is 0 Å². The highest BCUT2D eigenvalue weighted by atomic mass is 32.2. The predicted octanol–water partition coefficient (Wildman–Crippen LogP) is 2.73. The molecule has 2 aromatic carbocycles. The maximum atomic E-state index is 12.8. The fourth-order valence-electron chi connectivity index (χ4n) is 3.01. The van der Waals surface area contributed by atoms with E-state index in [0.29, 0.717) is 18.7 Å². The van der Waals surface area contributed by atoms with Gasteiger partial charge in [0, 0.05) is 37.5 Å². The topological polar surface area (TPSA) is 144 Å². The second kappa shape index (κ2) is 16.1. The lowest BCUT2D eigenvalue weighted by molar-refractivity contribution is -0.134. The van der Waals surface area contributed by atoms with Gasteiger partial charge in [-0.3, -0.25) is 4.90 Å². The molecular weight excluding hydrogens is 486 g/mol. The Morgan fingerprint density at radius 2 is 1.33 bits per heavy atom. The van der Waals surface area contributed by atoms with Crippen LogP contribution in [-0.4, -0.2) is 80.0 Å². The summed E-state index contributed by atoms with van der Waals surface area (Å²) in [5, 5.41) is 18.4. The molecule has 0 heterocycles. The van der Waals surface area contributed by atoms with Crippen molar-refractivity contribution in [2.24, 2.45) is 0 Å². The van der Waals surface area contributed by atoms with Gasteiger partial charge in [0.1, 0.15) is 0 Å². The van der Waals surface area contributed by atoms with Gasteiger partial charge in [0.2, 0.25) is 0 Å². The molecule has 196 valence electrons. The molecule has 0 fully saturated rings. The number of hydrogen-bond donors (Lipinski definition) is 3. The van der Waals surface area contributed by atoms with Gasteiger partial charge in [-0.2, -0.15) is 0 Å². The smallest absolute Gasteiger partial charge is 0.328 e. The highest BCUT2D eigenvalue weighted by molar-refractivity contribution is 7.91. The van der Waals surface area contributed by atoms with Gasteiger partial charge in [-0.05, 0) is 37.4 Å². The van der Waals surface area contributed by atoms with Gasteiger partial charge in [0.25, 0.3) is 0 Å². The Labute approximate surface area is 211 Å². The maximum Gasteiger partial charge on any atom is 0.328 e. The number of hydrogen-bond acceptors (Lipinski definition) is 6. The standard InChI is InChI=1S/C21H29N3O3S.C4H4O4/c1-3-23(4-2)16-17-24(19-11-7-5-8-12-19)21(25)22-15-18-28(26,27)20-13-9-6-10-14-20;5-3(6)1-2-4(7)8/h5-14H,3-4,15-18H2,1-2H3,(H,22,25);1-2H,(H,5,6)(H,7,8). The van der Waals surface area contributed by atoms with Gasteiger partial charge in [0.15, 0.2) is 9.84 Å². The number of carbonyl (C=O) groups is 3. The number of nitrogens with one attached hydrogen (secondary N) is 1. The molecule has 0 bridgehead atoms. The first-order valence-corrected chi connectivity index (χ1v) is 13.0. The first-order chi connectivity index (χ1) is 17.1. The summed E-state index contributed by atoms with van der Waals surface area (Å²) in [4.78, 5) is 36.0. The van der Waals surface area contributed by atoms with Crippen molar-refractivity contribution in [1.82, 2.24) is 10.2 Å². The molecule has 10 nitrogen and oxygen atoms in total. The van der Waals surface area contributed by atoms with Crippen molar-refractivity contribution in [3.63, 3.8) is 0 Å². The molecule has 36 heavy (non-hydrogen) atoms. The van der Waals surface area contributed by atoms with Crippen molar-refractivity contribution >= 4 is 33.5 Å². The minimum Gasteiger partial charge on any atom is -0.478 e. The monoisotopic (exact) mass is 519 g/mol. The minimum absolute atomic E-state index is 0.0602. The Morgan fingerprint density at radius 1 is 0.833 bits per heavy atom. The number of para-hydroxylation sites is 1. The number of carboxylic acid groups (broad SMARTS) is 2. The highest BCUT2D eigenvalue weighted by Gasteiger charge is 2.18. The van der Waals surface area contributed by atoms with Crippen LogP contribution in [0.3, 0.4) is 0 Å². The molecule has 0 atom stereocenters. The minimum atomic E-state index is -3.42. The summed E-state index contributed by atoms with van der Waals surface area (Å²) in [7, 11) is -3.42. The first-order valence-electron chi connectivity index (χ1n) is 11.3. The lowest BCUT2D eigenvalue weighted by Crippen LogP contribution is -2.45. The van der Waals surface area contributed by atoms with Crippen molar-refractivity contribution in [3.8, 4) is 0 Å². The quantitative estimate of drug-likeness (QED) is 0.363. The molecule has 3 N–H and O–H groups in total. The van der Waals surface area contributed by atoms with E-state index in [0.717, 1.165) is 25.3 Å². The third kappa shape index (κ3) is 11.6. The van der Waals surface area contributed by atoms with Crippen LogP contribution in [0.4, 0.5) is 10.5 Å². The van der Waals surface area contributed by atoms with E-state index >= 15 is 0 Å². The van der Waals surface area contributed by atoms with E-state index < -0.39 is 21.8 Å². The summed E-state index contributed by atoms with van der Waals surface area (Å²) in [6.07, 6.45) is 1.12. The molecule has 0 aliphatic rings. The molecule has 2 amide bonds. The van der Waals surface area contributed by atoms with Gasteiger partial charge in [0.05, 0.1) is 10.6 Å². The Hall–Kier alpha value is -3.70. The van der Waals surface area contributed by atoms with Crippen LogP contribution in [0, 0.1) is 0 Å². The third-order valence-corrected chi connectivity index (χ3v) is 6.70. The molecule has 0 saturated carbocycles. The molecule has 0 spiro atoms. The van der Waals surface area contributed by atoms with Gasteiger partial charge < -0.3 is 20.4 Å². The highest BCUT2D eigenvalue weighted by Crippen LogP contribution is 2.14. The van der Waals surface area contributed by atoms with E-state index in [9.17, 15) is 22.8 Å². The average Bonchev–Trinajstić information content (AvgIpc) is 2.87. The van der Waals surface area contributed by atoms with E-state index in [1.54, 1.807) is 35.2 Å². The normalized spacial score (nSPS) is 11.0. The fraction of sp³-hybridized carbons (Fsp3) is 0.320. The summed E-state index contributed by atoms with van der Waals surface area (Å²) in [6.45, 7) is 7.34. The van der Waals surface area contributed by atoms with Crippen molar-refractivity contribution in [3.05, 3.63) is 72.8 Å². The van der Waals surface area contributed by atoms with Crippen LogP contribution in [0.25, 0.3) is 0 Å². The number of likely N-dealkylation sites (N-methyl/N-ethyl adjacent to an activating group) is 1. The molecule has 2 rings (SSSR count). The van der Waals surface area contributed by atoms with E-state index in [1.165, 1.54) is 0 Å². The zero-order valence-electron chi connectivity index (χ0n) is 20.4. The molecular formula is C25H33N3O7S. The van der Waals surface area contributed by atoms with Crippen LogP contribution < -0.4 is 10.2 Å². The Kier molecular flexibility index (Phi) is 13.5. The summed E-state index contributed by atoms with van der Waals surface area (Å²) in [5.74, 6) is -2.65. The SMILES string of the molecule is CCN(CC)CCN(C(=O)NCCS(=O)(=O)c1ccccc1)c1ccccc1.O=C(O)C=CC(=O)O. The number of nitrogens with zero attached hydrogens (tertiary/aromatic N) is 2. The molecule has 2 aromatic rings. The summed E-state index contributed by atoms with van der Waals surface area (Å²) < 4.78 is 24.7. The van der Waals surface area contributed by atoms with Crippen LogP contribution in [-0.2, 0) is 19.4 Å². The maximum absolute atomic E-state index is 12.8. The second-order valence-corrected chi connectivity index (χ2v) is 9.50. The largest absolute Gasteiger partial charge is 0.478 e. The van der Waals surface area contributed by atoms with Crippen LogP contribution in [0.5, 0.6) is 0 Å². The number of rotatable bonds is 12. The number of aliphatic carboxylic acids is 2. The van der Waals surface area contributed by atoms with Gasteiger partial charge in [-0.25, -0.2) is 22.8 Å². The van der Waals surface area contributed by atoms with Crippen molar-refractivity contribution in [1.29, 1.82) is 0 Å². The Bertz CT molecular complexity index is 1070. The number of carboxylic acids is 2. The van der Waals surface area contributed by atoms with Gasteiger partial charge in [-0.1, -0.05) is 50.2 Å². The summed E-state index contributed by atoms with van der Waals surface area (Å²) >= 11 is 0. The number of sulfone groups is 1. The number of carbonyl (C=O) groups excluding carboxylic acids is 1. The number of benzene rings is 2. The van der Waals surface area contributed by atoms with Crippen LogP contribution in [0.15, 0.2) is 77.7 Å². The summed E-state index contributed by atoms with van der Waals surface area (Å²) in [5.41, 5.74) is 0.790. The number of urea groups is 1. The predicted molar refractivity (Wildman–Crippen MR) is 138 cm³/mol. The first kappa shape index (κ1) is 30.3. The fourth-order valence-corrected chi connectivity index (χ4v) is 4.19. The Balaban J connectivity index is 0.000000697. The molecule has 0 unspecified atom stereocenters. The lowest BCUT2D eigenvalue weighted by atomic mass is 10.3. The molecule has 0 aliphatic carbocycles. The molecule has 0 aromatic heterocycles. The van der Waals surface area contributed by atoms with E-state index in [2.05, 4.69) is 24.1 Å². The number of amides is 2. The molecule has 0 radical (unpaired) electrons. The second-order valence-electron chi connectivity index (χ2n) is 7.39. The van der Waals surface area contributed by atoms with Gasteiger partial charge in [-0.15, -0.1) is 0 Å². The van der Waals surface area contributed by atoms with Crippen LogP contribution in [0.1, 0.15) is 13.8 Å². The van der Waals surface area contributed by atoms with Crippen molar-refractivity contribution < 1.29 is 33.0 Å². The zero-order valence-corrected chi connectivity index (χ0v) is 21.2. The van der Waals surface area contributed by atoms with E-state index in [-0.39, 0.29) is 23.2 Å². The van der Waals surface area contributed by atoms with E-state index in [4.69, 9.17) is 10.2 Å². The van der Waals surface area contributed by atoms with Crippen molar-refractivity contribution in [2.45, 2.75) is 18.7 Å². The molecule has 11 heteroatoms. The zero-order chi connectivity index (χ0) is 27.0.